The Morgan fingerprint density at radius 3 is 3.06 bits per heavy atom. The van der Waals surface area contributed by atoms with Gasteiger partial charge in [0, 0.05) is 11.6 Å². The summed E-state index contributed by atoms with van der Waals surface area (Å²) in [6, 6.07) is 4.78. The van der Waals surface area contributed by atoms with Gasteiger partial charge in [0.2, 0.25) is 0 Å². The average molecular weight is 260 g/mol. The lowest BCUT2D eigenvalue weighted by Crippen LogP contribution is -2.01. The number of rotatable bonds is 3. The molecule has 0 fully saturated rings. The highest BCUT2D eigenvalue weighted by atomic mass is 32.1. The molecule has 0 bridgehead atoms. The lowest BCUT2D eigenvalue weighted by molar-refractivity contribution is 0.0697. The van der Waals surface area contributed by atoms with E-state index in [-0.39, 0.29) is 5.56 Å². The molecule has 0 aliphatic rings. The molecular formula is C11H8N4O2S. The fraction of sp³-hybridized carbons (Fsp3) is 0.0909. The number of hydrogen-bond acceptors (Lipinski definition) is 5. The number of nitrogens with zero attached hydrogens (tertiary/aromatic N) is 4. The van der Waals surface area contributed by atoms with E-state index in [1.54, 1.807) is 34.3 Å². The monoisotopic (exact) mass is 260 g/mol. The van der Waals surface area contributed by atoms with Crippen LogP contribution in [0, 0.1) is 0 Å². The van der Waals surface area contributed by atoms with Gasteiger partial charge in [0.25, 0.3) is 0 Å². The van der Waals surface area contributed by atoms with Crippen molar-refractivity contribution in [2.75, 3.05) is 0 Å². The van der Waals surface area contributed by atoms with E-state index < -0.39 is 5.97 Å². The Kier molecular flexibility index (Phi) is 2.52. The van der Waals surface area contributed by atoms with Crippen LogP contribution in [0.1, 0.15) is 15.4 Å². The zero-order chi connectivity index (χ0) is 12.5. The number of aromatic nitrogens is 4. The molecule has 0 saturated carbocycles. The molecule has 0 spiro atoms. The van der Waals surface area contributed by atoms with Crippen molar-refractivity contribution in [3.8, 4) is 0 Å². The first-order valence-electron chi connectivity index (χ1n) is 5.19. The molecule has 18 heavy (non-hydrogen) atoms. The second-order valence-corrected chi connectivity index (χ2v) is 4.66. The Morgan fingerprint density at radius 2 is 2.33 bits per heavy atom. The minimum absolute atomic E-state index is 0.212. The van der Waals surface area contributed by atoms with E-state index >= 15 is 0 Å². The summed E-state index contributed by atoms with van der Waals surface area (Å²) in [4.78, 5) is 15.0. The Bertz CT molecular complexity index is 705. The number of fused-ring (bicyclic) bond motifs is 1. The summed E-state index contributed by atoms with van der Waals surface area (Å²) in [7, 11) is 0. The van der Waals surface area contributed by atoms with Gasteiger partial charge in [-0.05, 0) is 18.2 Å². The van der Waals surface area contributed by atoms with Crippen LogP contribution < -0.4 is 0 Å². The third-order valence-corrected chi connectivity index (χ3v) is 3.29. The van der Waals surface area contributed by atoms with E-state index in [4.69, 9.17) is 5.11 Å². The van der Waals surface area contributed by atoms with E-state index in [1.807, 2.05) is 5.38 Å². The molecule has 3 rings (SSSR count). The minimum atomic E-state index is -0.966. The van der Waals surface area contributed by atoms with Crippen LogP contribution in [0.25, 0.3) is 11.0 Å². The molecule has 0 radical (unpaired) electrons. The molecule has 3 aromatic rings. The van der Waals surface area contributed by atoms with Gasteiger partial charge < -0.3 is 5.11 Å². The van der Waals surface area contributed by atoms with E-state index in [2.05, 4.69) is 15.3 Å². The first-order chi connectivity index (χ1) is 8.74. The van der Waals surface area contributed by atoms with Gasteiger partial charge in [-0.2, -0.15) is 0 Å². The molecule has 7 heteroatoms. The van der Waals surface area contributed by atoms with Gasteiger partial charge in [-0.25, -0.2) is 14.5 Å². The van der Waals surface area contributed by atoms with Crippen molar-refractivity contribution in [3.05, 3.63) is 40.3 Å². The molecular weight excluding hydrogens is 252 g/mol. The molecule has 0 unspecified atom stereocenters. The van der Waals surface area contributed by atoms with Crippen LogP contribution in [-0.2, 0) is 6.54 Å². The number of carboxylic acids is 1. The van der Waals surface area contributed by atoms with E-state index in [0.29, 0.717) is 12.1 Å². The summed E-state index contributed by atoms with van der Waals surface area (Å²) < 4.78 is 1.71. The summed E-state index contributed by atoms with van der Waals surface area (Å²) in [6.07, 6.45) is 1.74. The molecule has 0 atom stereocenters. The quantitative estimate of drug-likeness (QED) is 0.774. The molecule has 6 nitrogen and oxygen atoms in total. The van der Waals surface area contributed by atoms with Crippen molar-refractivity contribution in [3.63, 3.8) is 0 Å². The van der Waals surface area contributed by atoms with Gasteiger partial charge in [-0.15, -0.1) is 16.4 Å². The largest absolute Gasteiger partial charge is 0.478 e. The zero-order valence-electron chi connectivity index (χ0n) is 9.15. The predicted octanol–water partition coefficient (Wildman–Crippen LogP) is 1.63. The Balaban J connectivity index is 2.02. The van der Waals surface area contributed by atoms with Gasteiger partial charge in [0.05, 0.1) is 17.6 Å². The third-order valence-electron chi connectivity index (χ3n) is 2.53. The number of benzene rings is 1. The van der Waals surface area contributed by atoms with Crippen molar-refractivity contribution in [1.82, 2.24) is 20.0 Å². The Labute approximate surface area is 106 Å². The molecule has 1 aromatic carbocycles. The van der Waals surface area contributed by atoms with Crippen LogP contribution in [-0.4, -0.2) is 31.1 Å². The van der Waals surface area contributed by atoms with Crippen LogP contribution >= 0.6 is 11.3 Å². The third kappa shape index (κ3) is 1.84. The van der Waals surface area contributed by atoms with E-state index in [1.165, 1.54) is 6.07 Å². The van der Waals surface area contributed by atoms with E-state index in [9.17, 15) is 4.79 Å². The fourth-order valence-electron chi connectivity index (χ4n) is 1.68. The van der Waals surface area contributed by atoms with Crippen LogP contribution in [0.5, 0.6) is 0 Å². The SMILES string of the molecule is O=C(O)c1ccc2c(c1)nnn2Cc1nccs1. The summed E-state index contributed by atoms with van der Waals surface area (Å²) in [5.74, 6) is -0.966. The number of aromatic carboxylic acids is 1. The zero-order valence-corrected chi connectivity index (χ0v) is 9.96. The normalized spacial score (nSPS) is 10.9. The summed E-state index contributed by atoms with van der Waals surface area (Å²) in [5.41, 5.74) is 1.59. The van der Waals surface area contributed by atoms with Crippen molar-refractivity contribution in [2.45, 2.75) is 6.54 Å². The summed E-state index contributed by atoms with van der Waals surface area (Å²) in [6.45, 7) is 0.542. The standard InChI is InChI=1S/C11H8N4O2S/c16-11(17)7-1-2-9-8(5-7)13-14-15(9)6-10-12-3-4-18-10/h1-5H,6H2,(H,16,17). The topological polar surface area (TPSA) is 80.9 Å². The second-order valence-electron chi connectivity index (χ2n) is 3.68. The first-order valence-corrected chi connectivity index (χ1v) is 6.07. The highest BCUT2D eigenvalue weighted by Gasteiger charge is 2.09. The molecule has 0 saturated heterocycles. The van der Waals surface area contributed by atoms with Crippen molar-refractivity contribution >= 4 is 28.3 Å². The van der Waals surface area contributed by atoms with Gasteiger partial charge >= 0.3 is 5.97 Å². The van der Waals surface area contributed by atoms with Gasteiger partial charge in [0.15, 0.2) is 0 Å². The minimum Gasteiger partial charge on any atom is -0.478 e. The van der Waals surface area contributed by atoms with Gasteiger partial charge in [-0.1, -0.05) is 5.21 Å². The molecule has 0 amide bonds. The molecule has 90 valence electrons. The van der Waals surface area contributed by atoms with Crippen LogP contribution in [0.4, 0.5) is 0 Å². The molecule has 0 aliphatic heterocycles. The molecule has 2 heterocycles. The van der Waals surface area contributed by atoms with Gasteiger partial charge in [-0.3, -0.25) is 0 Å². The highest BCUT2D eigenvalue weighted by molar-refractivity contribution is 7.09. The molecule has 1 N–H and O–H groups in total. The van der Waals surface area contributed by atoms with Crippen LogP contribution in [0.2, 0.25) is 0 Å². The van der Waals surface area contributed by atoms with E-state index in [0.717, 1.165) is 10.5 Å². The second kappa shape index (κ2) is 4.19. The van der Waals surface area contributed by atoms with Crippen molar-refractivity contribution in [1.29, 1.82) is 0 Å². The predicted molar refractivity (Wildman–Crippen MR) is 65.7 cm³/mol. The summed E-state index contributed by atoms with van der Waals surface area (Å²) in [5, 5.41) is 19.7. The van der Waals surface area contributed by atoms with Crippen molar-refractivity contribution in [2.24, 2.45) is 0 Å². The number of hydrogen-bond donors (Lipinski definition) is 1. The average Bonchev–Trinajstić information content (AvgIpc) is 2.99. The van der Waals surface area contributed by atoms with Crippen LogP contribution in [0.3, 0.4) is 0 Å². The molecule has 0 aliphatic carbocycles. The molecule has 2 aromatic heterocycles. The lowest BCUT2D eigenvalue weighted by Gasteiger charge is -1.99. The maximum absolute atomic E-state index is 10.8. The highest BCUT2D eigenvalue weighted by Crippen LogP contribution is 2.15. The maximum Gasteiger partial charge on any atom is 0.335 e. The number of carbonyl (C=O) groups is 1. The maximum atomic E-state index is 10.8. The Hall–Kier alpha value is -2.28. The number of carboxylic acid groups (broad SMARTS) is 1. The van der Waals surface area contributed by atoms with Crippen LogP contribution in [0.15, 0.2) is 29.8 Å². The smallest absolute Gasteiger partial charge is 0.335 e. The van der Waals surface area contributed by atoms with Crippen molar-refractivity contribution < 1.29 is 9.90 Å². The first kappa shape index (κ1) is 10.8. The number of thiazole rings is 1. The Morgan fingerprint density at radius 1 is 1.44 bits per heavy atom. The fourth-order valence-corrected chi connectivity index (χ4v) is 2.28. The van der Waals surface area contributed by atoms with Gasteiger partial charge in [0.1, 0.15) is 10.5 Å². The summed E-state index contributed by atoms with van der Waals surface area (Å²) >= 11 is 1.54. The lowest BCUT2D eigenvalue weighted by atomic mass is 10.2.